The van der Waals surface area contributed by atoms with Gasteiger partial charge in [0.05, 0.1) is 0 Å². The second-order valence-corrected chi connectivity index (χ2v) is 5.73. The minimum absolute atomic E-state index is 0.00595. The first-order valence-electron chi connectivity index (χ1n) is 7.48. The molecule has 1 heterocycles. The standard InChI is InChI=1S/C16H25N3O/c1-13(12-19-7-2-3-8-19)11-18-16(20)15-6-4-5-14(9-15)10-17/h4-6,9,13H,2-3,7-8,10-12,17H2,1H3,(H,18,20). The van der Waals surface area contributed by atoms with E-state index in [0.29, 0.717) is 18.0 Å². The Morgan fingerprint density at radius 1 is 1.40 bits per heavy atom. The Labute approximate surface area is 121 Å². The Bertz CT molecular complexity index is 441. The van der Waals surface area contributed by atoms with Gasteiger partial charge in [-0.15, -0.1) is 0 Å². The summed E-state index contributed by atoms with van der Waals surface area (Å²) in [5, 5.41) is 3.02. The van der Waals surface area contributed by atoms with Crippen LogP contribution in [0.2, 0.25) is 0 Å². The van der Waals surface area contributed by atoms with Crippen molar-refractivity contribution < 1.29 is 4.79 Å². The Hall–Kier alpha value is -1.39. The number of likely N-dealkylation sites (tertiary alicyclic amines) is 1. The van der Waals surface area contributed by atoms with Crippen LogP contribution in [0, 0.1) is 5.92 Å². The lowest BCUT2D eigenvalue weighted by atomic mass is 10.1. The summed E-state index contributed by atoms with van der Waals surface area (Å²) in [5.74, 6) is 0.475. The minimum atomic E-state index is -0.00595. The molecular weight excluding hydrogens is 250 g/mol. The van der Waals surface area contributed by atoms with Gasteiger partial charge in [0, 0.05) is 25.2 Å². The highest BCUT2D eigenvalue weighted by Gasteiger charge is 2.15. The Kier molecular flexibility index (Phi) is 5.56. The van der Waals surface area contributed by atoms with Gasteiger partial charge in [-0.2, -0.15) is 0 Å². The number of rotatable bonds is 6. The number of amides is 1. The zero-order valence-corrected chi connectivity index (χ0v) is 12.3. The smallest absolute Gasteiger partial charge is 0.251 e. The molecule has 1 amide bonds. The van der Waals surface area contributed by atoms with E-state index in [1.165, 1.54) is 25.9 Å². The summed E-state index contributed by atoms with van der Waals surface area (Å²) in [5.41, 5.74) is 7.28. The molecule has 110 valence electrons. The van der Waals surface area contributed by atoms with Crippen LogP contribution in [0.25, 0.3) is 0 Å². The number of nitrogens with one attached hydrogen (secondary N) is 1. The van der Waals surface area contributed by atoms with Gasteiger partial charge in [0.25, 0.3) is 5.91 Å². The molecule has 0 radical (unpaired) electrons. The van der Waals surface area contributed by atoms with Gasteiger partial charge in [-0.25, -0.2) is 0 Å². The Morgan fingerprint density at radius 2 is 2.15 bits per heavy atom. The highest BCUT2D eigenvalue weighted by atomic mass is 16.1. The molecule has 3 N–H and O–H groups in total. The van der Waals surface area contributed by atoms with Crippen molar-refractivity contribution in [2.45, 2.75) is 26.3 Å². The molecule has 2 rings (SSSR count). The SMILES string of the molecule is CC(CNC(=O)c1cccc(CN)c1)CN1CCCC1. The second-order valence-electron chi connectivity index (χ2n) is 5.73. The molecule has 1 saturated heterocycles. The summed E-state index contributed by atoms with van der Waals surface area (Å²) < 4.78 is 0. The molecule has 4 heteroatoms. The maximum Gasteiger partial charge on any atom is 0.251 e. The van der Waals surface area contributed by atoms with Crippen molar-refractivity contribution in [1.29, 1.82) is 0 Å². The first-order valence-corrected chi connectivity index (χ1v) is 7.48. The molecule has 0 aromatic heterocycles. The van der Waals surface area contributed by atoms with Crippen molar-refractivity contribution in [3.8, 4) is 0 Å². The molecule has 0 aliphatic carbocycles. The number of hydrogen-bond acceptors (Lipinski definition) is 3. The van der Waals surface area contributed by atoms with Gasteiger partial charge < -0.3 is 16.0 Å². The summed E-state index contributed by atoms with van der Waals surface area (Å²) in [4.78, 5) is 14.6. The van der Waals surface area contributed by atoms with E-state index < -0.39 is 0 Å². The van der Waals surface area contributed by atoms with E-state index in [9.17, 15) is 4.79 Å². The number of carbonyl (C=O) groups is 1. The number of nitrogens with two attached hydrogens (primary N) is 1. The van der Waals surface area contributed by atoms with E-state index in [4.69, 9.17) is 5.73 Å². The fraction of sp³-hybridized carbons (Fsp3) is 0.562. The largest absolute Gasteiger partial charge is 0.352 e. The van der Waals surface area contributed by atoms with E-state index in [1.54, 1.807) is 0 Å². The molecular formula is C16H25N3O. The molecule has 0 saturated carbocycles. The second kappa shape index (κ2) is 7.41. The Morgan fingerprint density at radius 3 is 2.85 bits per heavy atom. The van der Waals surface area contributed by atoms with Gasteiger partial charge in [0.1, 0.15) is 0 Å². The predicted molar refractivity (Wildman–Crippen MR) is 81.5 cm³/mol. The summed E-state index contributed by atoms with van der Waals surface area (Å²) in [6.07, 6.45) is 2.62. The first kappa shape index (κ1) is 15.0. The third kappa shape index (κ3) is 4.32. The summed E-state index contributed by atoms with van der Waals surface area (Å²) in [6, 6.07) is 7.51. The molecule has 0 spiro atoms. The molecule has 1 aromatic carbocycles. The molecule has 1 fully saturated rings. The van der Waals surface area contributed by atoms with Crippen LogP contribution in [0.3, 0.4) is 0 Å². The highest BCUT2D eigenvalue weighted by molar-refractivity contribution is 5.94. The van der Waals surface area contributed by atoms with Gasteiger partial charge in [0.15, 0.2) is 0 Å². The number of hydrogen-bond donors (Lipinski definition) is 2. The van der Waals surface area contributed by atoms with Crippen molar-refractivity contribution in [3.05, 3.63) is 35.4 Å². The molecule has 1 aliphatic heterocycles. The monoisotopic (exact) mass is 275 g/mol. The molecule has 1 aromatic rings. The van der Waals surface area contributed by atoms with Gasteiger partial charge in [-0.3, -0.25) is 4.79 Å². The molecule has 1 atom stereocenters. The first-order chi connectivity index (χ1) is 9.69. The average molecular weight is 275 g/mol. The third-order valence-corrected chi connectivity index (χ3v) is 3.80. The van der Waals surface area contributed by atoms with Gasteiger partial charge in [-0.1, -0.05) is 19.1 Å². The van der Waals surface area contributed by atoms with Crippen molar-refractivity contribution >= 4 is 5.91 Å². The van der Waals surface area contributed by atoms with Crippen LogP contribution in [-0.4, -0.2) is 37.0 Å². The number of carbonyl (C=O) groups excluding carboxylic acids is 1. The summed E-state index contributed by atoms with van der Waals surface area (Å²) in [6.45, 7) is 6.86. The topological polar surface area (TPSA) is 58.4 Å². The number of benzene rings is 1. The van der Waals surface area contributed by atoms with Crippen LogP contribution in [-0.2, 0) is 6.54 Å². The van der Waals surface area contributed by atoms with Crippen molar-refractivity contribution in [3.63, 3.8) is 0 Å². The van der Waals surface area contributed by atoms with E-state index in [1.807, 2.05) is 24.3 Å². The van der Waals surface area contributed by atoms with Crippen molar-refractivity contribution in [1.82, 2.24) is 10.2 Å². The van der Waals surface area contributed by atoms with E-state index in [0.717, 1.165) is 18.7 Å². The van der Waals surface area contributed by atoms with Crippen molar-refractivity contribution in [2.75, 3.05) is 26.2 Å². The zero-order chi connectivity index (χ0) is 14.4. The normalized spacial score (nSPS) is 17.1. The molecule has 1 aliphatic rings. The lowest BCUT2D eigenvalue weighted by molar-refractivity contribution is 0.0945. The molecule has 1 unspecified atom stereocenters. The maximum absolute atomic E-state index is 12.1. The summed E-state index contributed by atoms with van der Waals surface area (Å²) >= 11 is 0. The third-order valence-electron chi connectivity index (χ3n) is 3.80. The Balaban J connectivity index is 1.78. The summed E-state index contributed by atoms with van der Waals surface area (Å²) in [7, 11) is 0. The fourth-order valence-electron chi connectivity index (χ4n) is 2.68. The van der Waals surface area contributed by atoms with E-state index in [2.05, 4.69) is 17.1 Å². The van der Waals surface area contributed by atoms with Crippen LogP contribution < -0.4 is 11.1 Å². The van der Waals surface area contributed by atoms with Gasteiger partial charge >= 0.3 is 0 Å². The zero-order valence-electron chi connectivity index (χ0n) is 12.3. The lowest BCUT2D eigenvalue weighted by Gasteiger charge is -2.20. The number of nitrogens with zero attached hydrogens (tertiary/aromatic N) is 1. The molecule has 4 nitrogen and oxygen atoms in total. The van der Waals surface area contributed by atoms with Crippen LogP contribution in [0.1, 0.15) is 35.7 Å². The fourth-order valence-corrected chi connectivity index (χ4v) is 2.68. The van der Waals surface area contributed by atoms with Gasteiger partial charge in [0.2, 0.25) is 0 Å². The predicted octanol–water partition coefficient (Wildman–Crippen LogP) is 1.61. The van der Waals surface area contributed by atoms with Crippen molar-refractivity contribution in [2.24, 2.45) is 11.7 Å². The average Bonchev–Trinajstić information content (AvgIpc) is 2.97. The quantitative estimate of drug-likeness (QED) is 0.829. The van der Waals surface area contributed by atoms with E-state index >= 15 is 0 Å². The van der Waals surface area contributed by atoms with Crippen LogP contribution in [0.5, 0.6) is 0 Å². The highest BCUT2D eigenvalue weighted by Crippen LogP contribution is 2.10. The minimum Gasteiger partial charge on any atom is -0.352 e. The van der Waals surface area contributed by atoms with Crippen LogP contribution in [0.4, 0.5) is 0 Å². The molecule has 0 bridgehead atoms. The van der Waals surface area contributed by atoms with E-state index in [-0.39, 0.29) is 5.91 Å². The maximum atomic E-state index is 12.1. The lowest BCUT2D eigenvalue weighted by Crippen LogP contribution is -2.34. The van der Waals surface area contributed by atoms with Crippen LogP contribution in [0.15, 0.2) is 24.3 Å². The van der Waals surface area contributed by atoms with Crippen LogP contribution >= 0.6 is 0 Å². The molecule has 20 heavy (non-hydrogen) atoms. The van der Waals surface area contributed by atoms with Gasteiger partial charge in [-0.05, 0) is 49.5 Å².